The molecule has 5 aromatic rings. The second-order valence-electron chi connectivity index (χ2n) is 8.65. The fourth-order valence-electron chi connectivity index (χ4n) is 4.35. The average molecular weight is 486 g/mol. The van der Waals surface area contributed by atoms with Crippen LogP contribution in [-0.2, 0) is 6.54 Å². The quantitative estimate of drug-likeness (QED) is 0.278. The normalized spacial score (nSPS) is 13.7. The Morgan fingerprint density at radius 3 is 2.74 bits per heavy atom. The van der Waals surface area contributed by atoms with Crippen LogP contribution in [0, 0.1) is 0 Å². The Kier molecular flexibility index (Phi) is 5.30. The summed E-state index contributed by atoms with van der Waals surface area (Å²) in [7, 11) is 0. The van der Waals surface area contributed by atoms with Gasteiger partial charge in [0.25, 0.3) is 5.65 Å². The van der Waals surface area contributed by atoms with E-state index in [2.05, 4.69) is 15.1 Å². The predicted molar refractivity (Wildman–Crippen MR) is 127 cm³/mol. The molecule has 0 aliphatic heterocycles. The molecular formula is C26H20ClN5O3. The fraction of sp³-hybridized carbons (Fsp3) is 0.192. The first kappa shape index (κ1) is 21.5. The molecule has 8 nitrogen and oxygen atoms in total. The molecule has 35 heavy (non-hydrogen) atoms. The molecule has 0 bridgehead atoms. The Bertz CT molecular complexity index is 1610. The van der Waals surface area contributed by atoms with Crippen LogP contribution >= 0.6 is 11.6 Å². The summed E-state index contributed by atoms with van der Waals surface area (Å²) in [5.74, 6) is 1.01. The topological polar surface area (TPSA) is 100 Å². The van der Waals surface area contributed by atoms with E-state index in [0.717, 1.165) is 18.4 Å². The molecule has 0 spiro atoms. The van der Waals surface area contributed by atoms with Crippen molar-refractivity contribution in [3.8, 4) is 28.4 Å². The molecule has 0 saturated heterocycles. The van der Waals surface area contributed by atoms with Crippen molar-refractivity contribution in [1.82, 2.24) is 19.5 Å². The van der Waals surface area contributed by atoms with Crippen molar-refractivity contribution < 1.29 is 14.2 Å². The lowest BCUT2D eigenvalue weighted by Crippen LogP contribution is -2.44. The molecule has 4 heterocycles. The van der Waals surface area contributed by atoms with Crippen LogP contribution in [0.5, 0.6) is 5.88 Å². The van der Waals surface area contributed by atoms with Crippen molar-refractivity contribution >= 4 is 17.2 Å². The molecular weight excluding hydrogens is 466 g/mol. The monoisotopic (exact) mass is 485 g/mol. The maximum Gasteiger partial charge on any atom is 0.349 e. The van der Waals surface area contributed by atoms with Gasteiger partial charge in [0, 0.05) is 29.3 Å². The summed E-state index contributed by atoms with van der Waals surface area (Å²) < 4.78 is 8.51. The highest BCUT2D eigenvalue weighted by Crippen LogP contribution is 2.36. The highest BCUT2D eigenvalue weighted by atomic mass is 35.5. The van der Waals surface area contributed by atoms with Crippen LogP contribution in [-0.4, -0.2) is 19.5 Å². The van der Waals surface area contributed by atoms with Crippen LogP contribution in [0.15, 0.2) is 76.3 Å². The van der Waals surface area contributed by atoms with E-state index in [-0.39, 0.29) is 12.1 Å². The molecule has 1 aliphatic carbocycles. The maximum absolute atomic E-state index is 13.7. The summed E-state index contributed by atoms with van der Waals surface area (Å²) in [6.45, 7) is 0.235. The van der Waals surface area contributed by atoms with Crippen LogP contribution in [0.25, 0.3) is 28.2 Å². The highest BCUT2D eigenvalue weighted by molar-refractivity contribution is 6.29. The van der Waals surface area contributed by atoms with E-state index in [0.29, 0.717) is 39.6 Å². The lowest BCUT2D eigenvalue weighted by Gasteiger charge is -2.20. The molecule has 0 atom stereocenters. The van der Waals surface area contributed by atoms with Crippen LogP contribution in [0.4, 0.5) is 0 Å². The summed E-state index contributed by atoms with van der Waals surface area (Å²) in [6, 6.07) is 15.9. The third-order valence-electron chi connectivity index (χ3n) is 6.44. The van der Waals surface area contributed by atoms with Crippen LogP contribution in [0.1, 0.15) is 36.6 Å². The third-order valence-corrected chi connectivity index (χ3v) is 6.67. The summed E-state index contributed by atoms with van der Waals surface area (Å²) >= 11 is 5.92. The van der Waals surface area contributed by atoms with Gasteiger partial charge in [0.15, 0.2) is 0 Å². The Labute approximate surface area is 205 Å². The van der Waals surface area contributed by atoms with Gasteiger partial charge in [0.05, 0.1) is 12.1 Å². The first-order valence-corrected chi connectivity index (χ1v) is 11.8. The van der Waals surface area contributed by atoms with E-state index in [1.165, 1.54) is 10.8 Å². The lowest BCUT2D eigenvalue weighted by molar-refractivity contribution is -0.708. The van der Waals surface area contributed by atoms with Crippen molar-refractivity contribution in [3.05, 3.63) is 94.0 Å². The van der Waals surface area contributed by atoms with Gasteiger partial charge in [0.1, 0.15) is 17.3 Å². The predicted octanol–water partition coefficient (Wildman–Crippen LogP) is 3.74. The Morgan fingerprint density at radius 2 is 1.97 bits per heavy atom. The number of benzene rings is 1. The van der Waals surface area contributed by atoms with Crippen molar-refractivity contribution in [3.63, 3.8) is 0 Å². The zero-order valence-corrected chi connectivity index (χ0v) is 19.4. The number of hydrogen-bond donors (Lipinski definition) is 0. The van der Waals surface area contributed by atoms with Crippen LogP contribution in [0.3, 0.4) is 0 Å². The lowest BCUT2D eigenvalue weighted by atomic mass is 9.85. The Hall–Kier alpha value is -4.04. The highest BCUT2D eigenvalue weighted by Gasteiger charge is 2.26. The van der Waals surface area contributed by atoms with Gasteiger partial charge in [-0.05, 0) is 36.6 Å². The number of fused-ring (bicyclic) bond motifs is 1. The molecule has 0 N–H and O–H groups in total. The molecule has 6 rings (SSSR count). The van der Waals surface area contributed by atoms with Gasteiger partial charge in [-0.15, -0.1) is 0 Å². The Balaban J connectivity index is 1.48. The molecule has 174 valence electrons. The molecule has 1 aliphatic rings. The van der Waals surface area contributed by atoms with E-state index < -0.39 is 11.4 Å². The first-order valence-electron chi connectivity index (χ1n) is 11.4. The summed E-state index contributed by atoms with van der Waals surface area (Å²) in [6.07, 6.45) is 6.55. The van der Waals surface area contributed by atoms with E-state index >= 15 is 0 Å². The van der Waals surface area contributed by atoms with Crippen molar-refractivity contribution in [2.24, 2.45) is 0 Å². The number of aromatic nitrogens is 5. The van der Waals surface area contributed by atoms with Gasteiger partial charge in [-0.1, -0.05) is 53.5 Å². The van der Waals surface area contributed by atoms with E-state index in [4.69, 9.17) is 16.1 Å². The zero-order chi connectivity index (χ0) is 23.9. The second-order valence-corrected chi connectivity index (χ2v) is 9.04. The minimum Gasteiger partial charge on any atom is -0.842 e. The van der Waals surface area contributed by atoms with E-state index in [9.17, 15) is 9.90 Å². The SMILES string of the molecule is O=c1c(-c2cccc(-c3noc(C4CCC4)n3)c2)c([O-])[n+](Cc2ccc(Cl)nc2)c2ccccn12. The van der Waals surface area contributed by atoms with Gasteiger partial charge >= 0.3 is 5.56 Å². The molecule has 1 saturated carbocycles. The number of hydrogen-bond acceptors (Lipinski definition) is 6. The molecule has 1 fully saturated rings. The average Bonchev–Trinajstić information content (AvgIpc) is 3.32. The largest absolute Gasteiger partial charge is 0.842 e. The van der Waals surface area contributed by atoms with Gasteiger partial charge < -0.3 is 9.63 Å². The van der Waals surface area contributed by atoms with Crippen LogP contribution in [0.2, 0.25) is 5.15 Å². The standard InChI is InChI=1S/C26H20ClN5O3/c27-20-11-10-16(14-28-20)15-32-21-9-1-2-12-31(21)25(33)22(26(32)34)18-7-4-8-19(13-18)23-29-24(35-30-23)17-5-3-6-17/h1-2,4,7-14,17H,3,5-6,15H2. The first-order chi connectivity index (χ1) is 17.1. The van der Waals surface area contributed by atoms with Gasteiger partial charge in [-0.3, -0.25) is 0 Å². The van der Waals surface area contributed by atoms with Gasteiger partial charge in [0.2, 0.25) is 11.7 Å². The van der Waals surface area contributed by atoms with Gasteiger partial charge in [-0.25, -0.2) is 14.3 Å². The number of nitrogens with zero attached hydrogens (tertiary/aromatic N) is 5. The minimum absolute atomic E-state index is 0.0696. The second kappa shape index (κ2) is 8.63. The zero-order valence-electron chi connectivity index (χ0n) is 18.6. The molecule has 0 unspecified atom stereocenters. The smallest absolute Gasteiger partial charge is 0.349 e. The van der Waals surface area contributed by atoms with Crippen molar-refractivity contribution in [1.29, 1.82) is 0 Å². The molecule has 0 radical (unpaired) electrons. The summed E-state index contributed by atoms with van der Waals surface area (Å²) in [5, 5.41) is 18.2. The maximum atomic E-state index is 13.7. The number of halogens is 1. The van der Waals surface area contributed by atoms with Crippen molar-refractivity contribution in [2.75, 3.05) is 0 Å². The molecule has 4 aromatic heterocycles. The molecule has 1 aromatic carbocycles. The molecule has 0 amide bonds. The third kappa shape index (κ3) is 3.85. The minimum atomic E-state index is -0.392. The number of pyridine rings is 2. The fourth-order valence-corrected chi connectivity index (χ4v) is 4.46. The summed E-state index contributed by atoms with van der Waals surface area (Å²) in [4.78, 5) is 22.1. The van der Waals surface area contributed by atoms with Gasteiger partial charge in [-0.2, -0.15) is 9.38 Å². The number of rotatable bonds is 5. The Morgan fingerprint density at radius 1 is 1.11 bits per heavy atom. The summed E-state index contributed by atoms with van der Waals surface area (Å²) in [5.41, 5.74) is 2.13. The van der Waals surface area contributed by atoms with E-state index in [1.54, 1.807) is 59.4 Å². The van der Waals surface area contributed by atoms with Crippen molar-refractivity contribution in [2.45, 2.75) is 31.7 Å². The van der Waals surface area contributed by atoms with E-state index in [1.807, 2.05) is 12.1 Å². The molecule has 9 heteroatoms. The van der Waals surface area contributed by atoms with Crippen LogP contribution < -0.4 is 15.2 Å².